The van der Waals surface area contributed by atoms with Gasteiger partial charge in [0.15, 0.2) is 40.6 Å². The number of para-hydroxylation sites is 1. The van der Waals surface area contributed by atoms with Gasteiger partial charge in [0.2, 0.25) is 5.75 Å². The lowest BCUT2D eigenvalue weighted by atomic mass is 9.99. The Bertz CT molecular complexity index is 1940. The van der Waals surface area contributed by atoms with Gasteiger partial charge >= 0.3 is 0 Å². The monoisotopic (exact) mass is 753 g/mol. The summed E-state index contributed by atoms with van der Waals surface area (Å²) in [6, 6.07) is 22.9. The number of anilines is 1. The Kier molecular flexibility index (Phi) is 13.1. The maximum absolute atomic E-state index is 12.6. The molecule has 55 heavy (non-hydrogen) atoms. The van der Waals surface area contributed by atoms with Crippen molar-refractivity contribution in [2.75, 3.05) is 47.5 Å². The molecule has 12 nitrogen and oxygen atoms in total. The quantitative estimate of drug-likeness (QED) is 0.0899. The number of rotatable bonds is 19. The Morgan fingerprint density at radius 3 is 2.13 bits per heavy atom. The van der Waals surface area contributed by atoms with Crippen molar-refractivity contribution in [1.29, 1.82) is 0 Å². The number of hydrogen-bond acceptors (Lipinski definition) is 11. The number of carbonyl (C=O) groups is 1. The zero-order valence-corrected chi connectivity index (χ0v) is 32.4. The molecule has 0 saturated carbocycles. The number of hydrogen-bond donors (Lipinski definition) is 2. The zero-order chi connectivity index (χ0) is 38.7. The average Bonchev–Trinajstić information content (AvgIpc) is 3.72. The second-order valence-electron chi connectivity index (χ2n) is 13.5. The summed E-state index contributed by atoms with van der Waals surface area (Å²) in [5, 5.41) is 10.8. The van der Waals surface area contributed by atoms with Crippen molar-refractivity contribution in [3.63, 3.8) is 0 Å². The molecule has 0 bridgehead atoms. The Morgan fingerprint density at radius 2 is 1.38 bits per heavy atom. The van der Waals surface area contributed by atoms with Crippen molar-refractivity contribution in [3.8, 4) is 40.2 Å². The largest absolute Gasteiger partial charge is 0.493 e. The third-order valence-electron chi connectivity index (χ3n) is 9.83. The molecule has 1 amide bonds. The lowest BCUT2D eigenvalue weighted by molar-refractivity contribution is 0.0852. The number of fused-ring (bicyclic) bond motifs is 1. The van der Waals surface area contributed by atoms with Crippen LogP contribution in [0.1, 0.15) is 91.2 Å². The zero-order valence-electron chi connectivity index (χ0n) is 32.4. The Hall–Kier alpha value is -5.78. The van der Waals surface area contributed by atoms with Crippen molar-refractivity contribution in [2.24, 2.45) is 5.16 Å². The molecule has 3 atom stereocenters. The third-order valence-corrected chi connectivity index (χ3v) is 9.83. The van der Waals surface area contributed by atoms with Crippen LogP contribution in [0.5, 0.6) is 40.2 Å². The molecule has 6 rings (SSSR count). The molecule has 2 heterocycles. The summed E-state index contributed by atoms with van der Waals surface area (Å²) in [4.78, 5) is 18.5. The van der Waals surface area contributed by atoms with E-state index in [4.69, 9.17) is 38.0 Å². The van der Waals surface area contributed by atoms with Gasteiger partial charge in [-0.2, -0.15) is 0 Å². The maximum atomic E-state index is 12.6. The van der Waals surface area contributed by atoms with Crippen molar-refractivity contribution in [3.05, 3.63) is 95.1 Å². The topological polar surface area (TPSA) is 127 Å². The summed E-state index contributed by atoms with van der Waals surface area (Å²) in [6.07, 6.45) is 6.11. The standard InChI is InChI=1S/C43H51N3O9/c1-27(54-38-22-28(17-19-34(38)48-2)36-26-33(46-55-36)30-24-39(50-4)41(52-6)40(25-30)51-5)14-10-8-7-9-13-21-53-35-20-18-29(23-37(35)49-3)42-44-32-16-12-11-15-31(32)43(47)45-42/h11-12,15-20,22-25,27,36,42,44H,7-10,13-14,21,26H2,1-6H3,(H,45,47). The van der Waals surface area contributed by atoms with Gasteiger partial charge in [-0.25, -0.2) is 0 Å². The van der Waals surface area contributed by atoms with E-state index in [2.05, 4.69) is 22.7 Å². The molecule has 2 aliphatic heterocycles. The van der Waals surface area contributed by atoms with Crippen LogP contribution in [-0.2, 0) is 4.84 Å². The molecule has 2 aliphatic rings. The summed E-state index contributed by atoms with van der Waals surface area (Å²) in [6.45, 7) is 2.68. The molecule has 0 saturated heterocycles. The molecule has 0 aromatic heterocycles. The lowest BCUT2D eigenvalue weighted by Crippen LogP contribution is -2.38. The van der Waals surface area contributed by atoms with Crippen LogP contribution in [0.15, 0.2) is 78.0 Å². The summed E-state index contributed by atoms with van der Waals surface area (Å²) in [5.74, 6) is 4.21. The van der Waals surface area contributed by atoms with Gasteiger partial charge in [-0.3, -0.25) is 4.79 Å². The summed E-state index contributed by atoms with van der Waals surface area (Å²) in [7, 11) is 8.03. The minimum absolute atomic E-state index is 0.00494. The second-order valence-corrected chi connectivity index (χ2v) is 13.5. The van der Waals surface area contributed by atoms with Gasteiger partial charge < -0.3 is 48.6 Å². The van der Waals surface area contributed by atoms with Crippen molar-refractivity contribution >= 4 is 17.3 Å². The van der Waals surface area contributed by atoms with Crippen LogP contribution >= 0.6 is 0 Å². The number of unbranched alkanes of at least 4 members (excludes halogenated alkanes) is 4. The normalized spacial score (nSPS) is 16.4. The van der Waals surface area contributed by atoms with Gasteiger partial charge in [0.25, 0.3) is 5.91 Å². The lowest BCUT2D eigenvalue weighted by Gasteiger charge is -2.28. The van der Waals surface area contributed by atoms with E-state index in [9.17, 15) is 4.79 Å². The minimum atomic E-state index is -0.358. The highest BCUT2D eigenvalue weighted by molar-refractivity contribution is 6.02. The first-order valence-corrected chi connectivity index (χ1v) is 18.7. The van der Waals surface area contributed by atoms with Gasteiger partial charge in [-0.15, -0.1) is 0 Å². The van der Waals surface area contributed by atoms with E-state index in [0.29, 0.717) is 58.8 Å². The summed E-state index contributed by atoms with van der Waals surface area (Å²) < 4.78 is 40.3. The SMILES string of the molecule is COc1cc(C2NC(=O)c3ccccc3N2)ccc1OCCCCCCCC(C)Oc1cc(C2CC(c3cc(OC)c(OC)c(OC)c3)=NO2)ccc1OC. The first-order chi connectivity index (χ1) is 26.8. The molecule has 0 fully saturated rings. The smallest absolute Gasteiger partial charge is 0.255 e. The van der Waals surface area contributed by atoms with Gasteiger partial charge in [0.1, 0.15) is 6.17 Å². The van der Waals surface area contributed by atoms with Gasteiger partial charge in [-0.1, -0.05) is 48.7 Å². The number of methoxy groups -OCH3 is 5. The number of nitrogens with one attached hydrogen (secondary N) is 2. The summed E-state index contributed by atoms with van der Waals surface area (Å²) >= 11 is 0. The number of benzene rings is 4. The molecular weight excluding hydrogens is 702 g/mol. The van der Waals surface area contributed by atoms with E-state index >= 15 is 0 Å². The van der Waals surface area contributed by atoms with Gasteiger partial charge in [-0.05, 0) is 85.8 Å². The van der Waals surface area contributed by atoms with Crippen LogP contribution in [0.3, 0.4) is 0 Å². The van der Waals surface area contributed by atoms with Crippen LogP contribution in [0.2, 0.25) is 0 Å². The Labute approximate surface area is 323 Å². The fourth-order valence-electron chi connectivity index (χ4n) is 6.84. The summed E-state index contributed by atoms with van der Waals surface area (Å²) in [5.41, 5.74) is 4.90. The van der Waals surface area contributed by atoms with Crippen LogP contribution in [0, 0.1) is 0 Å². The molecule has 3 unspecified atom stereocenters. The molecule has 2 N–H and O–H groups in total. The van der Waals surface area contributed by atoms with Crippen LogP contribution in [0.4, 0.5) is 5.69 Å². The molecule has 0 aliphatic carbocycles. The number of oxime groups is 1. The molecule has 292 valence electrons. The Morgan fingerprint density at radius 1 is 0.709 bits per heavy atom. The number of carbonyl (C=O) groups excluding carboxylic acids is 1. The van der Waals surface area contributed by atoms with Crippen LogP contribution in [-0.4, -0.2) is 59.9 Å². The molecule has 4 aromatic carbocycles. The van der Waals surface area contributed by atoms with Gasteiger partial charge in [0.05, 0.1) is 59.5 Å². The first-order valence-electron chi connectivity index (χ1n) is 18.7. The molecule has 4 aromatic rings. The van der Waals surface area contributed by atoms with Crippen LogP contribution in [0.25, 0.3) is 0 Å². The van der Waals surface area contributed by atoms with Crippen molar-refractivity contribution < 1.29 is 42.8 Å². The fraction of sp³-hybridized carbons (Fsp3) is 0.395. The fourth-order valence-corrected chi connectivity index (χ4v) is 6.84. The number of ether oxygens (including phenoxy) is 7. The van der Waals surface area contributed by atoms with Crippen molar-refractivity contribution in [2.45, 2.75) is 70.2 Å². The van der Waals surface area contributed by atoms with Crippen molar-refractivity contribution in [1.82, 2.24) is 5.32 Å². The Balaban J connectivity index is 0.920. The van der Waals surface area contributed by atoms with Gasteiger partial charge in [0, 0.05) is 17.7 Å². The highest BCUT2D eigenvalue weighted by atomic mass is 16.6. The molecular formula is C43H51N3O9. The third kappa shape index (κ3) is 9.30. The van der Waals surface area contributed by atoms with E-state index < -0.39 is 0 Å². The van der Waals surface area contributed by atoms with E-state index in [1.165, 1.54) is 0 Å². The highest BCUT2D eigenvalue weighted by Gasteiger charge is 2.28. The average molecular weight is 754 g/mol. The predicted octanol–water partition coefficient (Wildman–Crippen LogP) is 8.64. The first kappa shape index (κ1) is 38.9. The van der Waals surface area contributed by atoms with E-state index in [1.807, 2.05) is 66.7 Å². The highest BCUT2D eigenvalue weighted by Crippen LogP contribution is 2.41. The molecule has 0 radical (unpaired) electrons. The van der Waals surface area contributed by atoms with E-state index in [-0.39, 0.29) is 24.3 Å². The van der Waals surface area contributed by atoms with E-state index in [0.717, 1.165) is 66.6 Å². The maximum Gasteiger partial charge on any atom is 0.255 e. The molecule has 0 spiro atoms. The minimum Gasteiger partial charge on any atom is -0.493 e. The predicted molar refractivity (Wildman–Crippen MR) is 211 cm³/mol. The second kappa shape index (κ2) is 18.5. The van der Waals surface area contributed by atoms with E-state index in [1.54, 1.807) is 41.6 Å². The number of amides is 1. The van der Waals surface area contributed by atoms with Crippen LogP contribution < -0.4 is 43.8 Å². The molecule has 12 heteroatoms. The number of nitrogens with zero attached hydrogens (tertiary/aromatic N) is 1.